The van der Waals surface area contributed by atoms with E-state index in [9.17, 15) is 0 Å². The molecule has 0 aromatic heterocycles. The fourth-order valence-corrected chi connectivity index (χ4v) is 4.23. The van der Waals surface area contributed by atoms with Crippen molar-refractivity contribution in [1.82, 2.24) is 0 Å². The van der Waals surface area contributed by atoms with Crippen molar-refractivity contribution in [2.75, 3.05) is 10.6 Å². The second kappa shape index (κ2) is 17.3. The Morgan fingerprint density at radius 1 is 0.486 bits per heavy atom. The number of nitrogens with one attached hydrogen (secondary N) is 2. The molecule has 2 nitrogen and oxygen atoms in total. The molecule has 2 N–H and O–H groups in total. The van der Waals surface area contributed by atoms with E-state index in [1.807, 2.05) is 48.5 Å². The Morgan fingerprint density at radius 2 is 0.811 bits per heavy atom. The summed E-state index contributed by atoms with van der Waals surface area (Å²) in [7, 11) is 0. The van der Waals surface area contributed by atoms with Gasteiger partial charge in [-0.05, 0) is 60.1 Å². The van der Waals surface area contributed by atoms with Gasteiger partial charge in [0.1, 0.15) is 0 Å². The summed E-state index contributed by atoms with van der Waals surface area (Å²) in [6.07, 6.45) is 3.99. The molecule has 0 saturated heterocycles. The number of hydrogen-bond acceptors (Lipinski definition) is 4. The first-order valence-electron chi connectivity index (χ1n) is 11.7. The van der Waals surface area contributed by atoms with Crippen molar-refractivity contribution < 1.29 is 19.5 Å². The van der Waals surface area contributed by atoms with Crippen molar-refractivity contribution in [3.63, 3.8) is 0 Å². The Balaban J connectivity index is 0.000000253. The average Bonchev–Trinajstić information content (AvgIpc) is 2.89. The van der Waals surface area contributed by atoms with Gasteiger partial charge in [0.25, 0.3) is 0 Å². The van der Waals surface area contributed by atoms with Crippen LogP contribution in [0.5, 0.6) is 0 Å². The maximum Gasteiger partial charge on any atom is 2.00 e. The van der Waals surface area contributed by atoms with Gasteiger partial charge in [-0.1, -0.05) is 106 Å². The van der Waals surface area contributed by atoms with Crippen LogP contribution in [0.2, 0.25) is 0 Å². The molecule has 0 aliphatic rings. The van der Waals surface area contributed by atoms with Crippen LogP contribution < -0.4 is 10.6 Å². The Labute approximate surface area is 255 Å². The summed E-state index contributed by atoms with van der Waals surface area (Å²) in [6.45, 7) is 0. The quantitative estimate of drug-likeness (QED) is 0.122. The average molecular weight is 610 g/mol. The summed E-state index contributed by atoms with van der Waals surface area (Å²) in [6, 6.07) is 37.2. The Bertz CT molecular complexity index is 1150. The summed E-state index contributed by atoms with van der Waals surface area (Å²) in [4.78, 5) is 0. The number of thiocarbonyl (C=S) groups is 2. The zero-order chi connectivity index (χ0) is 25.6. The van der Waals surface area contributed by atoms with Gasteiger partial charge in [-0.2, -0.15) is 0 Å². The van der Waals surface area contributed by atoms with Crippen LogP contribution in [-0.2, 0) is 70.4 Å². The molecule has 0 fully saturated rings. The van der Waals surface area contributed by atoms with Gasteiger partial charge in [0.15, 0.2) is 0 Å². The van der Waals surface area contributed by atoms with Crippen LogP contribution in [0.25, 0.3) is 0 Å². The maximum absolute atomic E-state index is 4.92. The van der Waals surface area contributed by atoms with Crippen LogP contribution in [-0.4, -0.2) is 8.64 Å². The summed E-state index contributed by atoms with van der Waals surface area (Å²) in [5, 5.41) is 6.11. The standard InChI is InChI=1S/2C15H15NS2.Zn/c2*17-15(18)16-14-9-5-4-8-13(14)11-10-12-6-2-1-3-7-12;/h2*1-9H,10-11H2,(H2,16,17,18);/q;;+2/p-2. The number of benzene rings is 4. The van der Waals surface area contributed by atoms with Gasteiger partial charge < -0.3 is 60.3 Å². The van der Waals surface area contributed by atoms with Crippen molar-refractivity contribution in [2.45, 2.75) is 25.7 Å². The molecule has 0 atom stereocenters. The second-order valence-electron chi connectivity index (χ2n) is 8.11. The third-order valence-corrected chi connectivity index (χ3v) is 5.97. The van der Waals surface area contributed by atoms with Crippen LogP contribution in [0.1, 0.15) is 22.3 Å². The summed E-state index contributed by atoms with van der Waals surface area (Å²) in [5.74, 6) is 0. The fraction of sp³-hybridized carbons (Fsp3) is 0.133. The SMILES string of the molecule is S=C([S-])Nc1ccccc1CCc1ccccc1.S=C([S-])Nc1ccccc1CCc1ccccc1.[Zn+2]. The molecule has 184 valence electrons. The molecule has 37 heavy (non-hydrogen) atoms. The summed E-state index contributed by atoms with van der Waals surface area (Å²) < 4.78 is 0.782. The molecular weight excluding hydrogens is 582 g/mol. The largest absolute Gasteiger partial charge is 2.00 e. The molecule has 0 saturated carbocycles. The van der Waals surface area contributed by atoms with Crippen molar-refractivity contribution in [3.8, 4) is 0 Å². The third kappa shape index (κ3) is 11.8. The van der Waals surface area contributed by atoms with Crippen LogP contribution >= 0.6 is 24.4 Å². The van der Waals surface area contributed by atoms with Gasteiger partial charge in [0.2, 0.25) is 0 Å². The molecule has 0 radical (unpaired) electrons. The molecule has 4 rings (SSSR count). The molecule has 7 heteroatoms. The van der Waals surface area contributed by atoms with Gasteiger partial charge >= 0.3 is 19.5 Å². The third-order valence-electron chi connectivity index (χ3n) is 5.56. The van der Waals surface area contributed by atoms with Gasteiger partial charge in [0, 0.05) is 11.4 Å². The molecule has 0 aliphatic heterocycles. The molecular formula is C30H28N2S4Zn. The van der Waals surface area contributed by atoms with E-state index in [4.69, 9.17) is 49.7 Å². The summed E-state index contributed by atoms with van der Waals surface area (Å²) >= 11 is 19.7. The van der Waals surface area contributed by atoms with Crippen molar-refractivity contribution >= 4 is 69.7 Å². The number of anilines is 2. The molecule has 0 aliphatic carbocycles. The normalized spacial score (nSPS) is 9.73. The van der Waals surface area contributed by atoms with E-state index >= 15 is 0 Å². The van der Waals surface area contributed by atoms with E-state index in [1.54, 1.807) is 0 Å². The van der Waals surface area contributed by atoms with E-state index in [1.165, 1.54) is 22.3 Å². The van der Waals surface area contributed by atoms with E-state index in [2.05, 4.69) is 71.3 Å². The van der Waals surface area contributed by atoms with Crippen LogP contribution in [0.4, 0.5) is 11.4 Å². The molecule has 4 aromatic carbocycles. The number of para-hydroxylation sites is 2. The number of aryl methyl sites for hydroxylation is 4. The molecule has 0 bridgehead atoms. The topological polar surface area (TPSA) is 24.1 Å². The smallest absolute Gasteiger partial charge is 0.411 e. The first-order valence-corrected chi connectivity index (χ1v) is 13.3. The first-order chi connectivity index (χ1) is 17.5. The van der Waals surface area contributed by atoms with Crippen molar-refractivity contribution in [2.24, 2.45) is 0 Å². The number of hydrogen-bond donors (Lipinski definition) is 2. The predicted octanol–water partition coefficient (Wildman–Crippen LogP) is 7.43. The van der Waals surface area contributed by atoms with Crippen molar-refractivity contribution in [1.29, 1.82) is 0 Å². The van der Waals surface area contributed by atoms with Gasteiger partial charge in [-0.15, -0.1) is 0 Å². The zero-order valence-corrected chi connectivity index (χ0v) is 26.8. The molecule has 4 aromatic rings. The van der Waals surface area contributed by atoms with Gasteiger partial charge in [0.05, 0.1) is 0 Å². The Hall–Kier alpha value is -2.28. The monoisotopic (exact) mass is 608 g/mol. The van der Waals surface area contributed by atoms with E-state index in [0.717, 1.165) is 37.1 Å². The minimum Gasteiger partial charge on any atom is -0.411 e. The van der Waals surface area contributed by atoms with Gasteiger partial charge in [-0.3, -0.25) is 0 Å². The van der Waals surface area contributed by atoms with Crippen LogP contribution in [0, 0.1) is 0 Å². The Morgan fingerprint density at radius 3 is 1.16 bits per heavy atom. The summed E-state index contributed by atoms with van der Waals surface area (Å²) in [5.41, 5.74) is 7.21. The first kappa shape index (κ1) is 30.9. The molecule has 0 amide bonds. The Kier molecular flexibility index (Phi) is 14.4. The van der Waals surface area contributed by atoms with Crippen molar-refractivity contribution in [3.05, 3.63) is 131 Å². The maximum atomic E-state index is 4.92. The number of rotatable bonds is 8. The van der Waals surface area contributed by atoms with Crippen LogP contribution in [0.3, 0.4) is 0 Å². The second-order valence-corrected chi connectivity index (χ2v) is 10.3. The fourth-order valence-electron chi connectivity index (χ4n) is 3.79. The van der Waals surface area contributed by atoms with Crippen LogP contribution in [0.15, 0.2) is 109 Å². The van der Waals surface area contributed by atoms with E-state index in [0.29, 0.717) is 8.64 Å². The zero-order valence-electron chi connectivity index (χ0n) is 20.6. The molecule has 0 heterocycles. The minimum absolute atomic E-state index is 0. The van der Waals surface area contributed by atoms with E-state index in [-0.39, 0.29) is 19.5 Å². The molecule has 0 spiro atoms. The van der Waals surface area contributed by atoms with E-state index < -0.39 is 0 Å². The molecule has 0 unspecified atom stereocenters. The predicted molar refractivity (Wildman–Crippen MR) is 168 cm³/mol. The minimum atomic E-state index is 0. The van der Waals surface area contributed by atoms with Gasteiger partial charge in [-0.25, -0.2) is 0 Å².